The van der Waals surface area contributed by atoms with E-state index in [4.69, 9.17) is 0 Å². The van der Waals surface area contributed by atoms with Crippen LogP contribution in [0, 0.1) is 12.7 Å². The van der Waals surface area contributed by atoms with Gasteiger partial charge in [0.2, 0.25) is 0 Å². The topological polar surface area (TPSA) is 12.0 Å². The van der Waals surface area contributed by atoms with Crippen LogP contribution in [0.1, 0.15) is 43.0 Å². The Morgan fingerprint density at radius 3 is 2.50 bits per heavy atom. The molecule has 0 aliphatic heterocycles. The third kappa shape index (κ3) is 3.19. The van der Waals surface area contributed by atoms with Crippen LogP contribution < -0.4 is 5.32 Å². The zero-order valence-electron chi connectivity index (χ0n) is 12.4. The molecule has 0 saturated carbocycles. The Morgan fingerprint density at radius 1 is 1.10 bits per heavy atom. The second-order valence-electron chi connectivity index (χ2n) is 5.12. The number of aryl methyl sites for hydroxylation is 2. The van der Waals surface area contributed by atoms with Crippen LogP contribution in [0.3, 0.4) is 0 Å². The Labute approximate surface area is 120 Å². The summed E-state index contributed by atoms with van der Waals surface area (Å²) in [7, 11) is 0. The summed E-state index contributed by atoms with van der Waals surface area (Å²) in [4.78, 5) is 0. The third-order valence-electron chi connectivity index (χ3n) is 3.72. The monoisotopic (exact) mass is 271 g/mol. The normalized spacial score (nSPS) is 12.2. The maximum absolute atomic E-state index is 13.4. The minimum Gasteiger partial charge on any atom is -0.378 e. The number of hydrogen-bond acceptors (Lipinski definition) is 1. The molecule has 2 heteroatoms. The number of halogens is 1. The second kappa shape index (κ2) is 6.56. The van der Waals surface area contributed by atoms with Crippen molar-refractivity contribution in [3.05, 3.63) is 65.0 Å². The average molecular weight is 271 g/mol. The van der Waals surface area contributed by atoms with Crippen molar-refractivity contribution < 1.29 is 4.39 Å². The molecule has 1 atom stereocenters. The van der Waals surface area contributed by atoms with Gasteiger partial charge in [0.05, 0.1) is 6.04 Å². The van der Waals surface area contributed by atoms with Gasteiger partial charge in [0.25, 0.3) is 0 Å². The van der Waals surface area contributed by atoms with Gasteiger partial charge in [-0.2, -0.15) is 0 Å². The Kier molecular flexibility index (Phi) is 4.78. The summed E-state index contributed by atoms with van der Waals surface area (Å²) in [5, 5.41) is 3.59. The molecular formula is C18H22FN. The molecule has 0 heterocycles. The molecular weight excluding hydrogens is 249 g/mol. The third-order valence-corrected chi connectivity index (χ3v) is 3.72. The van der Waals surface area contributed by atoms with E-state index in [1.54, 1.807) is 12.1 Å². The van der Waals surface area contributed by atoms with Crippen molar-refractivity contribution in [1.82, 2.24) is 0 Å². The zero-order valence-corrected chi connectivity index (χ0v) is 12.4. The summed E-state index contributed by atoms with van der Waals surface area (Å²) >= 11 is 0. The lowest BCUT2D eigenvalue weighted by Gasteiger charge is -2.22. The summed E-state index contributed by atoms with van der Waals surface area (Å²) in [6, 6.07) is 13.3. The van der Waals surface area contributed by atoms with Crippen LogP contribution >= 0.6 is 0 Å². The fourth-order valence-corrected chi connectivity index (χ4v) is 2.55. The molecule has 1 nitrogen and oxygen atoms in total. The van der Waals surface area contributed by atoms with Gasteiger partial charge in [0.1, 0.15) is 5.82 Å². The van der Waals surface area contributed by atoms with Crippen LogP contribution in [0.15, 0.2) is 42.5 Å². The number of benzene rings is 2. The van der Waals surface area contributed by atoms with Gasteiger partial charge in [-0.3, -0.25) is 0 Å². The van der Waals surface area contributed by atoms with E-state index >= 15 is 0 Å². The number of hydrogen-bond donors (Lipinski definition) is 1. The van der Waals surface area contributed by atoms with E-state index in [0.717, 1.165) is 18.4 Å². The minimum absolute atomic E-state index is 0.136. The van der Waals surface area contributed by atoms with Gasteiger partial charge in [0.15, 0.2) is 0 Å². The van der Waals surface area contributed by atoms with E-state index in [1.807, 2.05) is 6.07 Å². The lowest BCUT2D eigenvalue weighted by Crippen LogP contribution is -2.12. The summed E-state index contributed by atoms with van der Waals surface area (Å²) in [6.07, 6.45) is 1.91. The smallest absolute Gasteiger partial charge is 0.123 e. The van der Waals surface area contributed by atoms with Gasteiger partial charge in [0, 0.05) is 5.69 Å². The van der Waals surface area contributed by atoms with Crippen molar-refractivity contribution in [1.29, 1.82) is 0 Å². The highest BCUT2D eigenvalue weighted by Gasteiger charge is 2.13. The van der Waals surface area contributed by atoms with Crippen LogP contribution in [0.5, 0.6) is 0 Å². The van der Waals surface area contributed by atoms with Crippen LogP contribution in [0.4, 0.5) is 10.1 Å². The second-order valence-corrected chi connectivity index (χ2v) is 5.12. The highest BCUT2D eigenvalue weighted by atomic mass is 19.1. The Balaban J connectivity index is 2.31. The molecule has 1 unspecified atom stereocenters. The van der Waals surface area contributed by atoms with E-state index in [2.05, 4.69) is 44.3 Å². The fraction of sp³-hybridized carbons (Fsp3) is 0.333. The highest BCUT2D eigenvalue weighted by Crippen LogP contribution is 2.28. The first-order valence-electron chi connectivity index (χ1n) is 7.26. The van der Waals surface area contributed by atoms with Crippen molar-refractivity contribution in [3.8, 4) is 0 Å². The van der Waals surface area contributed by atoms with E-state index in [1.165, 1.54) is 22.9 Å². The maximum atomic E-state index is 13.4. The molecule has 0 aromatic heterocycles. The van der Waals surface area contributed by atoms with Crippen molar-refractivity contribution in [3.63, 3.8) is 0 Å². The molecule has 0 aliphatic rings. The molecule has 0 bridgehead atoms. The Bertz CT molecular complexity index is 577. The molecule has 1 N–H and O–H groups in total. The molecule has 2 aromatic rings. The van der Waals surface area contributed by atoms with Gasteiger partial charge in [-0.1, -0.05) is 44.2 Å². The van der Waals surface area contributed by atoms with Crippen LogP contribution in [-0.4, -0.2) is 0 Å². The predicted octanol–water partition coefficient (Wildman–Crippen LogP) is 5.26. The van der Waals surface area contributed by atoms with Crippen molar-refractivity contribution in [2.75, 3.05) is 5.32 Å². The number of rotatable bonds is 5. The molecule has 106 valence electrons. The molecule has 0 spiro atoms. The van der Waals surface area contributed by atoms with E-state index in [9.17, 15) is 4.39 Å². The predicted molar refractivity (Wildman–Crippen MR) is 83.6 cm³/mol. The van der Waals surface area contributed by atoms with E-state index < -0.39 is 0 Å². The summed E-state index contributed by atoms with van der Waals surface area (Å²) in [6.45, 7) is 6.38. The molecule has 0 fully saturated rings. The van der Waals surface area contributed by atoms with Crippen LogP contribution in [-0.2, 0) is 6.42 Å². The van der Waals surface area contributed by atoms with Gasteiger partial charge < -0.3 is 5.32 Å². The molecule has 0 aliphatic carbocycles. The Morgan fingerprint density at radius 2 is 1.85 bits per heavy atom. The quantitative estimate of drug-likeness (QED) is 0.782. The van der Waals surface area contributed by atoms with Crippen molar-refractivity contribution in [2.45, 2.75) is 39.7 Å². The zero-order chi connectivity index (χ0) is 14.5. The molecule has 20 heavy (non-hydrogen) atoms. The number of nitrogens with one attached hydrogen (secondary N) is 1. The van der Waals surface area contributed by atoms with Gasteiger partial charge >= 0.3 is 0 Å². The summed E-state index contributed by atoms with van der Waals surface area (Å²) in [5.74, 6) is -0.178. The van der Waals surface area contributed by atoms with E-state index in [0.29, 0.717) is 0 Å². The number of para-hydroxylation sites is 1. The summed E-state index contributed by atoms with van der Waals surface area (Å²) in [5.41, 5.74) is 4.72. The van der Waals surface area contributed by atoms with Crippen molar-refractivity contribution in [2.24, 2.45) is 0 Å². The lowest BCUT2D eigenvalue weighted by molar-refractivity contribution is 0.620. The first kappa shape index (κ1) is 14.6. The Hall–Kier alpha value is -1.83. The summed E-state index contributed by atoms with van der Waals surface area (Å²) < 4.78 is 13.4. The lowest BCUT2D eigenvalue weighted by atomic mass is 10.0. The molecule has 0 radical (unpaired) electrons. The molecule has 2 aromatic carbocycles. The van der Waals surface area contributed by atoms with Crippen molar-refractivity contribution >= 4 is 5.69 Å². The van der Waals surface area contributed by atoms with Gasteiger partial charge in [-0.25, -0.2) is 4.39 Å². The first-order chi connectivity index (χ1) is 9.65. The fourth-order valence-electron chi connectivity index (χ4n) is 2.55. The maximum Gasteiger partial charge on any atom is 0.123 e. The minimum atomic E-state index is -0.178. The molecule has 0 saturated heterocycles. The van der Waals surface area contributed by atoms with E-state index in [-0.39, 0.29) is 11.9 Å². The standard InChI is InChI=1S/C18H22FN/c1-4-14-9-6-8-13(3)18(14)20-17(5-2)15-10-7-11-16(19)12-15/h6-12,17,20H,4-5H2,1-3H3. The first-order valence-corrected chi connectivity index (χ1v) is 7.26. The van der Waals surface area contributed by atoms with Gasteiger partial charge in [-0.15, -0.1) is 0 Å². The number of anilines is 1. The van der Waals surface area contributed by atoms with Crippen LogP contribution in [0.25, 0.3) is 0 Å². The largest absolute Gasteiger partial charge is 0.378 e. The van der Waals surface area contributed by atoms with Gasteiger partial charge in [-0.05, 0) is 48.6 Å². The van der Waals surface area contributed by atoms with Crippen LogP contribution in [0.2, 0.25) is 0 Å². The molecule has 0 amide bonds. The average Bonchev–Trinajstić information content (AvgIpc) is 2.45. The highest BCUT2D eigenvalue weighted by molar-refractivity contribution is 5.58. The molecule has 2 rings (SSSR count). The SMILES string of the molecule is CCc1cccc(C)c1NC(CC)c1cccc(F)c1.